The lowest BCUT2D eigenvalue weighted by atomic mass is 10.2. The molecule has 0 aromatic carbocycles. The molecule has 0 saturated carbocycles. The van der Waals surface area contributed by atoms with Gasteiger partial charge in [-0.05, 0) is 6.42 Å². The van der Waals surface area contributed by atoms with E-state index in [1.165, 1.54) is 5.06 Å². The van der Waals surface area contributed by atoms with Crippen molar-refractivity contribution in [1.29, 1.82) is 0 Å². The summed E-state index contributed by atoms with van der Waals surface area (Å²) < 4.78 is 0. The number of rotatable bonds is 5. The highest BCUT2D eigenvalue weighted by atomic mass is 16.7. The van der Waals surface area contributed by atoms with Crippen molar-refractivity contribution in [2.24, 2.45) is 0 Å². The van der Waals surface area contributed by atoms with Crippen LogP contribution in [0.25, 0.3) is 0 Å². The third kappa shape index (κ3) is 7.33. The normalized spacial score (nSPS) is 10.2. The van der Waals surface area contributed by atoms with Crippen LogP contribution in [0.4, 0.5) is 0 Å². The Balaban J connectivity index is 3.23. The molecule has 0 N–H and O–H groups in total. The summed E-state index contributed by atoms with van der Waals surface area (Å²) >= 11 is 0. The Bertz CT molecular complexity index is 113. The van der Waals surface area contributed by atoms with Crippen LogP contribution >= 0.6 is 0 Å². The van der Waals surface area contributed by atoms with Crippen LogP contribution in [0.15, 0.2) is 0 Å². The molecule has 0 saturated heterocycles. The second kappa shape index (κ2) is 6.16. The van der Waals surface area contributed by atoms with Crippen molar-refractivity contribution in [1.82, 2.24) is 5.06 Å². The maximum Gasteiger partial charge on any atom is 0.325 e. The van der Waals surface area contributed by atoms with E-state index >= 15 is 0 Å². The molecular weight excluding hydrogens is 142 g/mol. The molecule has 0 atom stereocenters. The lowest BCUT2D eigenvalue weighted by Gasteiger charge is -2.08. The number of hydroxylamine groups is 2. The zero-order chi connectivity index (χ0) is 8.69. The van der Waals surface area contributed by atoms with Crippen molar-refractivity contribution in [2.45, 2.75) is 32.6 Å². The van der Waals surface area contributed by atoms with Gasteiger partial charge in [-0.3, -0.25) is 4.79 Å². The first kappa shape index (κ1) is 10.4. The maximum absolute atomic E-state index is 10.9. The second-order valence-corrected chi connectivity index (χ2v) is 2.73. The van der Waals surface area contributed by atoms with E-state index < -0.39 is 0 Å². The van der Waals surface area contributed by atoms with Crippen molar-refractivity contribution < 1.29 is 9.63 Å². The Hall–Kier alpha value is -0.570. The minimum Gasteiger partial charge on any atom is -0.369 e. The first-order valence-electron chi connectivity index (χ1n) is 4.05. The van der Waals surface area contributed by atoms with Crippen molar-refractivity contribution in [2.75, 3.05) is 14.1 Å². The molecule has 0 rings (SSSR count). The molecule has 0 aliphatic rings. The van der Waals surface area contributed by atoms with E-state index in [-0.39, 0.29) is 5.97 Å². The number of hydrogen-bond acceptors (Lipinski definition) is 3. The van der Waals surface area contributed by atoms with Gasteiger partial charge in [0.2, 0.25) is 0 Å². The van der Waals surface area contributed by atoms with Crippen LogP contribution in [-0.2, 0) is 9.63 Å². The van der Waals surface area contributed by atoms with Crippen LogP contribution in [0.5, 0.6) is 0 Å². The van der Waals surface area contributed by atoms with Crippen LogP contribution in [0.3, 0.4) is 0 Å². The summed E-state index contributed by atoms with van der Waals surface area (Å²) in [5.41, 5.74) is 0. The van der Waals surface area contributed by atoms with Crippen LogP contribution in [0, 0.1) is 0 Å². The van der Waals surface area contributed by atoms with Crippen molar-refractivity contribution >= 4 is 5.97 Å². The van der Waals surface area contributed by atoms with Gasteiger partial charge >= 0.3 is 5.97 Å². The van der Waals surface area contributed by atoms with Gasteiger partial charge < -0.3 is 4.84 Å². The monoisotopic (exact) mass is 159 g/mol. The van der Waals surface area contributed by atoms with Gasteiger partial charge in [0, 0.05) is 20.5 Å². The molecule has 11 heavy (non-hydrogen) atoms. The van der Waals surface area contributed by atoms with Gasteiger partial charge in [0.1, 0.15) is 0 Å². The standard InChI is InChI=1S/C8H17NO2/c1-4-5-6-7-8(10)11-9(2)3/h4-7H2,1-3H3. The smallest absolute Gasteiger partial charge is 0.325 e. The molecule has 3 heteroatoms. The van der Waals surface area contributed by atoms with Crippen LogP contribution in [-0.4, -0.2) is 25.1 Å². The molecule has 0 radical (unpaired) electrons. The van der Waals surface area contributed by atoms with Crippen LogP contribution in [0.1, 0.15) is 32.6 Å². The Labute approximate surface area is 68.3 Å². The first-order chi connectivity index (χ1) is 5.16. The summed E-state index contributed by atoms with van der Waals surface area (Å²) in [6, 6.07) is 0. The molecule has 0 aromatic rings. The predicted octanol–water partition coefficient (Wildman–Crippen LogP) is 1.59. The molecule has 0 bridgehead atoms. The van der Waals surface area contributed by atoms with Gasteiger partial charge in [0.25, 0.3) is 0 Å². The van der Waals surface area contributed by atoms with Crippen LogP contribution < -0.4 is 0 Å². The van der Waals surface area contributed by atoms with E-state index in [1.807, 2.05) is 0 Å². The van der Waals surface area contributed by atoms with E-state index in [0.29, 0.717) is 6.42 Å². The molecular formula is C8H17NO2. The van der Waals surface area contributed by atoms with Crippen molar-refractivity contribution in [3.05, 3.63) is 0 Å². The van der Waals surface area contributed by atoms with Crippen LogP contribution in [0.2, 0.25) is 0 Å². The zero-order valence-electron chi connectivity index (χ0n) is 7.59. The minimum atomic E-state index is -0.136. The molecule has 0 aliphatic heterocycles. The molecule has 66 valence electrons. The highest BCUT2D eigenvalue weighted by Gasteiger charge is 2.02. The number of unbranched alkanes of at least 4 members (excludes halogenated alkanes) is 2. The fourth-order valence-corrected chi connectivity index (χ4v) is 0.769. The summed E-state index contributed by atoms with van der Waals surface area (Å²) in [6.45, 7) is 2.11. The third-order valence-corrected chi connectivity index (χ3v) is 1.27. The quantitative estimate of drug-likeness (QED) is 0.450. The fraction of sp³-hybridized carbons (Fsp3) is 0.875. The summed E-state index contributed by atoms with van der Waals surface area (Å²) in [5, 5.41) is 1.42. The minimum absolute atomic E-state index is 0.136. The summed E-state index contributed by atoms with van der Waals surface area (Å²) in [6.07, 6.45) is 3.70. The SMILES string of the molecule is CCCCCC(=O)ON(C)C. The summed E-state index contributed by atoms with van der Waals surface area (Å²) in [4.78, 5) is 15.7. The van der Waals surface area contributed by atoms with Crippen molar-refractivity contribution in [3.8, 4) is 0 Å². The number of carbonyl (C=O) groups is 1. The summed E-state index contributed by atoms with van der Waals surface area (Å²) in [7, 11) is 3.41. The molecule has 0 heterocycles. The largest absolute Gasteiger partial charge is 0.369 e. The van der Waals surface area contributed by atoms with Crippen molar-refractivity contribution in [3.63, 3.8) is 0 Å². The van der Waals surface area contributed by atoms with Gasteiger partial charge in [-0.15, -0.1) is 5.06 Å². The van der Waals surface area contributed by atoms with Gasteiger partial charge in [-0.2, -0.15) is 0 Å². The van der Waals surface area contributed by atoms with E-state index in [4.69, 9.17) is 4.84 Å². The Morgan fingerprint density at radius 1 is 1.36 bits per heavy atom. The predicted molar refractivity (Wildman–Crippen MR) is 43.9 cm³/mol. The Morgan fingerprint density at radius 2 is 2.00 bits per heavy atom. The van der Waals surface area contributed by atoms with Gasteiger partial charge in [-0.25, -0.2) is 0 Å². The molecule has 0 fully saturated rings. The topological polar surface area (TPSA) is 29.5 Å². The fourth-order valence-electron chi connectivity index (χ4n) is 0.769. The molecule has 0 amide bonds. The molecule has 0 aromatic heterocycles. The second-order valence-electron chi connectivity index (χ2n) is 2.73. The number of carbonyl (C=O) groups excluding carboxylic acids is 1. The summed E-state index contributed by atoms with van der Waals surface area (Å²) in [5.74, 6) is -0.136. The third-order valence-electron chi connectivity index (χ3n) is 1.27. The lowest BCUT2D eigenvalue weighted by Crippen LogP contribution is -2.18. The zero-order valence-corrected chi connectivity index (χ0v) is 7.59. The van der Waals surface area contributed by atoms with Gasteiger partial charge in [0.15, 0.2) is 0 Å². The number of nitrogens with zero attached hydrogens (tertiary/aromatic N) is 1. The number of hydrogen-bond donors (Lipinski definition) is 0. The van der Waals surface area contributed by atoms with Gasteiger partial charge in [-0.1, -0.05) is 19.8 Å². The van der Waals surface area contributed by atoms with E-state index in [2.05, 4.69) is 6.92 Å². The lowest BCUT2D eigenvalue weighted by molar-refractivity contribution is -0.178. The molecule has 0 spiro atoms. The molecule has 0 aliphatic carbocycles. The average molecular weight is 159 g/mol. The maximum atomic E-state index is 10.9. The van der Waals surface area contributed by atoms with Gasteiger partial charge in [0.05, 0.1) is 0 Å². The highest BCUT2D eigenvalue weighted by Crippen LogP contribution is 2.00. The Kier molecular flexibility index (Phi) is 5.84. The molecule has 0 unspecified atom stereocenters. The van der Waals surface area contributed by atoms with E-state index in [0.717, 1.165) is 19.3 Å². The highest BCUT2D eigenvalue weighted by molar-refractivity contribution is 5.68. The average Bonchev–Trinajstić information content (AvgIpc) is 1.86. The first-order valence-corrected chi connectivity index (χ1v) is 4.05. The van der Waals surface area contributed by atoms with E-state index in [9.17, 15) is 4.79 Å². The molecule has 3 nitrogen and oxygen atoms in total. The van der Waals surface area contributed by atoms with E-state index in [1.54, 1.807) is 14.1 Å². The Morgan fingerprint density at radius 3 is 2.45 bits per heavy atom.